The molecule has 0 bridgehead atoms. The van der Waals surface area contributed by atoms with E-state index in [1.54, 1.807) is 49.6 Å². The predicted octanol–water partition coefficient (Wildman–Crippen LogP) is 6.33. The van der Waals surface area contributed by atoms with Crippen molar-refractivity contribution in [2.45, 2.75) is 31.7 Å². The number of ether oxygens (including phenoxy) is 2. The van der Waals surface area contributed by atoms with E-state index < -0.39 is 5.91 Å². The fourth-order valence-electron chi connectivity index (χ4n) is 4.57. The Balaban J connectivity index is 1.49. The molecule has 180 valence electrons. The Morgan fingerprint density at radius 2 is 1.83 bits per heavy atom. The van der Waals surface area contributed by atoms with Gasteiger partial charge in [0.2, 0.25) is 0 Å². The van der Waals surface area contributed by atoms with E-state index in [1.165, 1.54) is 19.2 Å². The zero-order chi connectivity index (χ0) is 24.4. The lowest BCUT2D eigenvalue weighted by Crippen LogP contribution is -2.12. The lowest BCUT2D eigenvalue weighted by atomic mass is 10.1. The standard InChI is InChI=1S/C27H26FN3O4/c1-33-20-11-12-22(34-2)21(15-20)30-27(32)24-14-13-23(35-24)26-25(17-7-9-18(28)10-8-17)29-16-31(26)19-5-3-4-6-19/h7-16,19H,3-6H2,1-2H3,(H,30,32). The van der Waals surface area contributed by atoms with Gasteiger partial charge in [0.15, 0.2) is 11.5 Å². The number of nitrogens with zero attached hydrogens (tertiary/aromatic N) is 2. The topological polar surface area (TPSA) is 78.5 Å². The first-order valence-electron chi connectivity index (χ1n) is 11.5. The van der Waals surface area contributed by atoms with Crippen LogP contribution in [0.4, 0.5) is 10.1 Å². The molecule has 2 aromatic heterocycles. The summed E-state index contributed by atoms with van der Waals surface area (Å²) >= 11 is 0. The van der Waals surface area contributed by atoms with Gasteiger partial charge in [0.1, 0.15) is 23.0 Å². The van der Waals surface area contributed by atoms with Crippen LogP contribution in [0.15, 0.2) is 65.3 Å². The van der Waals surface area contributed by atoms with Gasteiger partial charge in [-0.2, -0.15) is 0 Å². The molecule has 1 aliphatic rings. The van der Waals surface area contributed by atoms with Crippen LogP contribution < -0.4 is 14.8 Å². The molecule has 7 nitrogen and oxygen atoms in total. The first-order chi connectivity index (χ1) is 17.1. The van der Waals surface area contributed by atoms with Gasteiger partial charge in [-0.1, -0.05) is 12.8 Å². The van der Waals surface area contributed by atoms with Crippen molar-refractivity contribution in [1.82, 2.24) is 9.55 Å². The Bertz CT molecular complexity index is 1340. The van der Waals surface area contributed by atoms with Crippen LogP contribution in [-0.4, -0.2) is 29.7 Å². The molecule has 1 N–H and O–H groups in total. The van der Waals surface area contributed by atoms with Gasteiger partial charge in [0.25, 0.3) is 5.91 Å². The second-order valence-electron chi connectivity index (χ2n) is 8.48. The molecule has 0 unspecified atom stereocenters. The van der Waals surface area contributed by atoms with Crippen LogP contribution in [0.2, 0.25) is 0 Å². The molecule has 0 spiro atoms. The number of furan rings is 1. The molecule has 35 heavy (non-hydrogen) atoms. The van der Waals surface area contributed by atoms with E-state index in [2.05, 4.69) is 14.9 Å². The minimum atomic E-state index is -0.418. The number of hydrogen-bond donors (Lipinski definition) is 1. The molecule has 4 aromatic rings. The minimum Gasteiger partial charge on any atom is -0.497 e. The molecular weight excluding hydrogens is 449 g/mol. The number of anilines is 1. The van der Waals surface area contributed by atoms with Crippen molar-refractivity contribution in [3.05, 3.63) is 72.5 Å². The first kappa shape index (κ1) is 22.7. The van der Waals surface area contributed by atoms with Crippen molar-refractivity contribution in [3.63, 3.8) is 0 Å². The van der Waals surface area contributed by atoms with Crippen LogP contribution >= 0.6 is 0 Å². The van der Waals surface area contributed by atoms with E-state index in [9.17, 15) is 9.18 Å². The molecule has 0 saturated heterocycles. The van der Waals surface area contributed by atoms with Crippen LogP contribution in [0.25, 0.3) is 22.7 Å². The second kappa shape index (κ2) is 9.66. The highest BCUT2D eigenvalue weighted by Crippen LogP contribution is 2.39. The normalized spacial score (nSPS) is 13.7. The third kappa shape index (κ3) is 4.51. The Morgan fingerprint density at radius 1 is 1.06 bits per heavy atom. The lowest BCUT2D eigenvalue weighted by molar-refractivity contribution is 0.0997. The number of methoxy groups -OCH3 is 2. The number of halogens is 1. The Morgan fingerprint density at radius 3 is 2.54 bits per heavy atom. The monoisotopic (exact) mass is 475 g/mol. The Labute approximate surface area is 202 Å². The highest BCUT2D eigenvalue weighted by Gasteiger charge is 2.26. The number of amides is 1. The summed E-state index contributed by atoms with van der Waals surface area (Å²) in [6.07, 6.45) is 6.23. The zero-order valence-corrected chi connectivity index (χ0v) is 19.6. The van der Waals surface area contributed by atoms with E-state index in [4.69, 9.17) is 13.9 Å². The number of nitrogens with one attached hydrogen (secondary N) is 1. The van der Waals surface area contributed by atoms with Crippen molar-refractivity contribution in [3.8, 4) is 34.2 Å². The van der Waals surface area contributed by atoms with Gasteiger partial charge in [-0.15, -0.1) is 0 Å². The van der Waals surface area contributed by atoms with Gasteiger partial charge in [0, 0.05) is 17.7 Å². The summed E-state index contributed by atoms with van der Waals surface area (Å²) in [6.45, 7) is 0. The second-order valence-corrected chi connectivity index (χ2v) is 8.48. The minimum absolute atomic E-state index is 0.147. The highest BCUT2D eigenvalue weighted by molar-refractivity contribution is 6.03. The highest BCUT2D eigenvalue weighted by atomic mass is 19.1. The van der Waals surface area contributed by atoms with E-state index in [1.807, 2.05) is 6.33 Å². The van der Waals surface area contributed by atoms with Gasteiger partial charge in [-0.05, 0) is 61.4 Å². The summed E-state index contributed by atoms with van der Waals surface area (Å²) in [5.41, 5.74) is 2.72. The summed E-state index contributed by atoms with van der Waals surface area (Å²) in [5.74, 6) is 1.04. The molecule has 2 heterocycles. The molecule has 0 radical (unpaired) electrons. The van der Waals surface area contributed by atoms with E-state index >= 15 is 0 Å². The van der Waals surface area contributed by atoms with Crippen LogP contribution in [0.1, 0.15) is 42.3 Å². The van der Waals surface area contributed by atoms with Crippen LogP contribution in [-0.2, 0) is 0 Å². The largest absolute Gasteiger partial charge is 0.497 e. The van der Waals surface area contributed by atoms with Crippen LogP contribution in [0.5, 0.6) is 11.5 Å². The average molecular weight is 476 g/mol. The zero-order valence-electron chi connectivity index (χ0n) is 19.6. The third-order valence-corrected chi connectivity index (χ3v) is 6.35. The quantitative estimate of drug-likeness (QED) is 0.338. The maximum atomic E-state index is 13.5. The van der Waals surface area contributed by atoms with Gasteiger partial charge >= 0.3 is 0 Å². The van der Waals surface area contributed by atoms with Crippen molar-refractivity contribution < 1.29 is 23.1 Å². The van der Waals surface area contributed by atoms with Gasteiger partial charge in [0.05, 0.1) is 31.9 Å². The Hall–Kier alpha value is -4.07. The third-order valence-electron chi connectivity index (χ3n) is 6.35. The molecule has 1 aliphatic carbocycles. The van der Waals surface area contributed by atoms with Crippen LogP contribution in [0.3, 0.4) is 0 Å². The molecule has 1 amide bonds. The fourth-order valence-corrected chi connectivity index (χ4v) is 4.57. The molecule has 0 atom stereocenters. The fraction of sp³-hybridized carbons (Fsp3) is 0.259. The first-order valence-corrected chi connectivity index (χ1v) is 11.5. The van der Waals surface area contributed by atoms with Crippen molar-refractivity contribution in [1.29, 1.82) is 0 Å². The van der Waals surface area contributed by atoms with E-state index in [0.29, 0.717) is 34.7 Å². The van der Waals surface area contributed by atoms with Gasteiger partial charge < -0.3 is 23.8 Å². The van der Waals surface area contributed by atoms with E-state index in [0.717, 1.165) is 36.9 Å². The summed E-state index contributed by atoms with van der Waals surface area (Å²) in [6, 6.07) is 15.1. The number of rotatable bonds is 7. The molecule has 2 aromatic carbocycles. The molecule has 5 rings (SSSR count). The summed E-state index contributed by atoms with van der Waals surface area (Å²) in [4.78, 5) is 17.7. The number of benzene rings is 2. The number of hydrogen-bond acceptors (Lipinski definition) is 5. The number of aromatic nitrogens is 2. The summed E-state index contributed by atoms with van der Waals surface area (Å²) in [7, 11) is 3.09. The average Bonchev–Trinajstić information content (AvgIpc) is 3.64. The number of carbonyl (C=O) groups is 1. The Kier molecular flexibility index (Phi) is 6.27. The van der Waals surface area contributed by atoms with Gasteiger partial charge in [-0.3, -0.25) is 4.79 Å². The number of carbonyl (C=O) groups excluding carboxylic acids is 1. The van der Waals surface area contributed by atoms with Crippen molar-refractivity contribution in [2.24, 2.45) is 0 Å². The van der Waals surface area contributed by atoms with Gasteiger partial charge in [-0.25, -0.2) is 9.37 Å². The smallest absolute Gasteiger partial charge is 0.291 e. The SMILES string of the molecule is COc1ccc(OC)c(NC(=O)c2ccc(-c3c(-c4ccc(F)cc4)ncn3C3CCCC3)o2)c1. The molecular formula is C27H26FN3O4. The molecule has 1 fully saturated rings. The molecule has 1 saturated carbocycles. The van der Waals surface area contributed by atoms with Crippen molar-refractivity contribution in [2.75, 3.05) is 19.5 Å². The van der Waals surface area contributed by atoms with Crippen molar-refractivity contribution >= 4 is 11.6 Å². The summed E-state index contributed by atoms with van der Waals surface area (Å²) in [5, 5.41) is 2.83. The maximum Gasteiger partial charge on any atom is 0.291 e. The van der Waals surface area contributed by atoms with E-state index in [-0.39, 0.29) is 11.6 Å². The summed E-state index contributed by atoms with van der Waals surface area (Å²) < 4.78 is 32.3. The van der Waals surface area contributed by atoms with Crippen LogP contribution in [0, 0.1) is 5.82 Å². The molecule has 8 heteroatoms. The molecule has 0 aliphatic heterocycles. The predicted molar refractivity (Wildman–Crippen MR) is 130 cm³/mol. The number of imidazole rings is 1. The lowest BCUT2D eigenvalue weighted by Gasteiger charge is -2.15. The maximum absolute atomic E-state index is 13.5.